The number of hydrogen-bond donors (Lipinski definition) is 1. The van der Waals surface area contributed by atoms with Crippen LogP contribution >= 0.6 is 0 Å². The molecule has 5 nitrogen and oxygen atoms in total. The molecule has 130 valence electrons. The molecule has 3 aromatic rings. The van der Waals surface area contributed by atoms with Crippen molar-refractivity contribution in [3.05, 3.63) is 66.2 Å². The predicted molar refractivity (Wildman–Crippen MR) is 98.1 cm³/mol. The lowest BCUT2D eigenvalue weighted by Gasteiger charge is -2.24. The molecule has 0 saturated heterocycles. The maximum absolute atomic E-state index is 12.5. The van der Waals surface area contributed by atoms with Gasteiger partial charge in [0.25, 0.3) is 0 Å². The topological polar surface area (TPSA) is 58.4 Å². The molecule has 2 atom stereocenters. The van der Waals surface area contributed by atoms with Crippen LogP contribution < -0.4 is 5.32 Å². The zero-order valence-corrected chi connectivity index (χ0v) is 14.8. The predicted octanol–water partition coefficient (Wildman–Crippen LogP) is 3.70. The standard InChI is InChI=1S/C20H23N3O2/c1-14(16-8-10-21-11-9-16)22-13-20(24)23(3)15(2)19-12-17-6-4-5-7-18(17)25-19/h4-12,14-15,22H,13H2,1-3H3/t14-,15-/m1/s1. The number of amides is 1. The van der Waals surface area contributed by atoms with Gasteiger partial charge in [-0.2, -0.15) is 0 Å². The first-order valence-electron chi connectivity index (χ1n) is 8.43. The van der Waals surface area contributed by atoms with Crippen molar-refractivity contribution in [3.8, 4) is 0 Å². The molecule has 0 saturated carbocycles. The smallest absolute Gasteiger partial charge is 0.236 e. The van der Waals surface area contributed by atoms with Gasteiger partial charge >= 0.3 is 0 Å². The Morgan fingerprint density at radius 3 is 2.64 bits per heavy atom. The van der Waals surface area contributed by atoms with E-state index < -0.39 is 0 Å². The Balaban J connectivity index is 1.61. The number of rotatable bonds is 6. The van der Waals surface area contributed by atoms with Crippen LogP contribution in [0.1, 0.15) is 37.3 Å². The summed E-state index contributed by atoms with van der Waals surface area (Å²) in [5.41, 5.74) is 1.95. The molecule has 0 aliphatic rings. The van der Waals surface area contributed by atoms with E-state index in [1.165, 1.54) is 0 Å². The van der Waals surface area contributed by atoms with Gasteiger partial charge in [-0.15, -0.1) is 0 Å². The van der Waals surface area contributed by atoms with Crippen molar-refractivity contribution in [2.45, 2.75) is 25.9 Å². The number of hydrogen-bond acceptors (Lipinski definition) is 4. The van der Waals surface area contributed by atoms with Gasteiger partial charge in [0.05, 0.1) is 12.6 Å². The molecule has 3 rings (SSSR count). The molecule has 2 heterocycles. The molecule has 1 aromatic carbocycles. The minimum Gasteiger partial charge on any atom is -0.459 e. The number of fused-ring (bicyclic) bond motifs is 1. The van der Waals surface area contributed by atoms with E-state index in [4.69, 9.17) is 4.42 Å². The minimum absolute atomic E-state index is 0.0221. The maximum Gasteiger partial charge on any atom is 0.236 e. The molecular formula is C20H23N3O2. The second kappa shape index (κ2) is 7.49. The summed E-state index contributed by atoms with van der Waals surface area (Å²) in [5.74, 6) is 0.813. The van der Waals surface area contributed by atoms with Crippen molar-refractivity contribution in [3.63, 3.8) is 0 Å². The summed E-state index contributed by atoms with van der Waals surface area (Å²) < 4.78 is 5.87. The molecule has 1 N–H and O–H groups in total. The zero-order chi connectivity index (χ0) is 17.8. The number of pyridine rings is 1. The summed E-state index contributed by atoms with van der Waals surface area (Å²) in [4.78, 5) is 18.2. The van der Waals surface area contributed by atoms with E-state index >= 15 is 0 Å². The fourth-order valence-corrected chi connectivity index (χ4v) is 2.75. The average Bonchev–Trinajstić information content (AvgIpc) is 3.09. The number of nitrogens with one attached hydrogen (secondary N) is 1. The van der Waals surface area contributed by atoms with E-state index in [0.717, 1.165) is 22.3 Å². The van der Waals surface area contributed by atoms with Crippen molar-refractivity contribution in [2.75, 3.05) is 13.6 Å². The first kappa shape index (κ1) is 17.2. The third-order valence-electron chi connectivity index (χ3n) is 4.60. The zero-order valence-electron chi connectivity index (χ0n) is 14.8. The van der Waals surface area contributed by atoms with Gasteiger partial charge in [-0.3, -0.25) is 9.78 Å². The van der Waals surface area contributed by atoms with Gasteiger partial charge in [-0.1, -0.05) is 18.2 Å². The Kier molecular flexibility index (Phi) is 5.14. The van der Waals surface area contributed by atoms with Crippen LogP contribution in [0.15, 0.2) is 59.3 Å². The molecule has 0 radical (unpaired) electrons. The molecule has 5 heteroatoms. The Morgan fingerprint density at radius 1 is 1.20 bits per heavy atom. The first-order valence-corrected chi connectivity index (χ1v) is 8.43. The molecule has 0 unspecified atom stereocenters. The number of likely N-dealkylation sites (N-methyl/N-ethyl adjacent to an activating group) is 1. The van der Waals surface area contributed by atoms with Gasteiger partial charge in [-0.05, 0) is 43.7 Å². The number of carbonyl (C=O) groups excluding carboxylic acids is 1. The molecule has 0 spiro atoms. The number of para-hydroxylation sites is 1. The van der Waals surface area contributed by atoms with Crippen LogP contribution in [0.3, 0.4) is 0 Å². The van der Waals surface area contributed by atoms with Gasteiger partial charge in [-0.25, -0.2) is 0 Å². The summed E-state index contributed by atoms with van der Waals surface area (Å²) in [7, 11) is 1.80. The van der Waals surface area contributed by atoms with Gasteiger partial charge in [0.1, 0.15) is 11.3 Å². The van der Waals surface area contributed by atoms with Crippen molar-refractivity contribution in [2.24, 2.45) is 0 Å². The highest BCUT2D eigenvalue weighted by Crippen LogP contribution is 2.26. The van der Waals surface area contributed by atoms with E-state index in [1.54, 1.807) is 24.3 Å². The van der Waals surface area contributed by atoms with E-state index in [9.17, 15) is 4.79 Å². The molecule has 0 bridgehead atoms. The van der Waals surface area contributed by atoms with Gasteiger partial charge < -0.3 is 14.6 Å². The maximum atomic E-state index is 12.5. The van der Waals surface area contributed by atoms with Crippen molar-refractivity contribution in [1.82, 2.24) is 15.2 Å². The second-order valence-corrected chi connectivity index (χ2v) is 6.25. The lowest BCUT2D eigenvalue weighted by molar-refractivity contribution is -0.131. The summed E-state index contributed by atoms with van der Waals surface area (Å²) in [5, 5.41) is 4.31. The average molecular weight is 337 g/mol. The van der Waals surface area contributed by atoms with Crippen LogP contribution in [0.4, 0.5) is 0 Å². The highest BCUT2D eigenvalue weighted by molar-refractivity contribution is 5.80. The highest BCUT2D eigenvalue weighted by Gasteiger charge is 2.21. The van der Waals surface area contributed by atoms with Crippen LogP contribution in [-0.4, -0.2) is 29.4 Å². The fraction of sp³-hybridized carbons (Fsp3) is 0.300. The van der Waals surface area contributed by atoms with Crippen LogP contribution in [0.25, 0.3) is 11.0 Å². The molecule has 2 aromatic heterocycles. The van der Waals surface area contributed by atoms with Crippen LogP contribution in [0.2, 0.25) is 0 Å². The highest BCUT2D eigenvalue weighted by atomic mass is 16.3. The molecule has 0 aliphatic carbocycles. The molecule has 0 fully saturated rings. The number of nitrogens with zero attached hydrogens (tertiary/aromatic N) is 2. The fourth-order valence-electron chi connectivity index (χ4n) is 2.75. The van der Waals surface area contributed by atoms with Crippen molar-refractivity contribution < 1.29 is 9.21 Å². The van der Waals surface area contributed by atoms with E-state index in [-0.39, 0.29) is 24.5 Å². The number of carbonyl (C=O) groups is 1. The van der Waals surface area contributed by atoms with Crippen LogP contribution in [-0.2, 0) is 4.79 Å². The summed E-state index contributed by atoms with van der Waals surface area (Å²) in [6.45, 7) is 4.28. The third-order valence-corrected chi connectivity index (χ3v) is 4.60. The summed E-state index contributed by atoms with van der Waals surface area (Å²) >= 11 is 0. The number of furan rings is 1. The first-order chi connectivity index (χ1) is 12.1. The second-order valence-electron chi connectivity index (χ2n) is 6.25. The van der Waals surface area contributed by atoms with Crippen molar-refractivity contribution >= 4 is 16.9 Å². The Bertz CT molecular complexity index is 811. The largest absolute Gasteiger partial charge is 0.459 e. The summed E-state index contributed by atoms with van der Waals surface area (Å²) in [6.07, 6.45) is 3.51. The SMILES string of the molecule is C[C@H](c1cc2ccccc2o1)N(C)C(=O)CN[C@H](C)c1ccncc1. The Labute approximate surface area is 147 Å². The molecule has 1 amide bonds. The van der Waals surface area contributed by atoms with Gasteiger partial charge in [0.15, 0.2) is 0 Å². The van der Waals surface area contributed by atoms with Gasteiger partial charge in [0.2, 0.25) is 5.91 Å². The quantitative estimate of drug-likeness (QED) is 0.745. The minimum atomic E-state index is -0.127. The van der Waals surface area contributed by atoms with Gasteiger partial charge in [0, 0.05) is 30.9 Å². The Morgan fingerprint density at radius 2 is 1.92 bits per heavy atom. The lowest BCUT2D eigenvalue weighted by Crippen LogP contribution is -2.37. The molecular weight excluding hydrogens is 314 g/mol. The molecule has 0 aliphatic heterocycles. The van der Waals surface area contributed by atoms with Crippen LogP contribution in [0, 0.1) is 0 Å². The van der Waals surface area contributed by atoms with E-state index in [1.807, 2.05) is 56.3 Å². The third kappa shape index (κ3) is 3.88. The van der Waals surface area contributed by atoms with Crippen molar-refractivity contribution in [1.29, 1.82) is 0 Å². The van der Waals surface area contributed by atoms with Crippen LogP contribution in [0.5, 0.6) is 0 Å². The Hall–Kier alpha value is -2.66. The lowest BCUT2D eigenvalue weighted by atomic mass is 10.1. The normalized spacial score (nSPS) is 13.6. The van der Waals surface area contributed by atoms with E-state index in [0.29, 0.717) is 0 Å². The molecule has 25 heavy (non-hydrogen) atoms. The monoisotopic (exact) mass is 337 g/mol. The van der Waals surface area contributed by atoms with E-state index in [2.05, 4.69) is 10.3 Å². The summed E-state index contributed by atoms with van der Waals surface area (Å²) in [6, 6.07) is 13.7. The number of aromatic nitrogens is 1. The number of benzene rings is 1.